The number of aryl methyl sites for hydroxylation is 1. The highest BCUT2D eigenvalue weighted by molar-refractivity contribution is 5.95. The first kappa shape index (κ1) is 15.4. The van der Waals surface area contributed by atoms with Gasteiger partial charge in [-0.25, -0.2) is 0 Å². The van der Waals surface area contributed by atoms with Gasteiger partial charge >= 0.3 is 0 Å². The number of aliphatic hydroxyl groups excluding tert-OH is 1. The molecule has 0 saturated heterocycles. The number of benzene rings is 1. The second kappa shape index (κ2) is 6.67. The summed E-state index contributed by atoms with van der Waals surface area (Å²) in [6.45, 7) is 1.86. The van der Waals surface area contributed by atoms with Crippen molar-refractivity contribution in [3.8, 4) is 0 Å². The zero-order valence-electron chi connectivity index (χ0n) is 12.1. The summed E-state index contributed by atoms with van der Waals surface area (Å²) >= 11 is 0. The maximum absolute atomic E-state index is 12.6. The Kier molecular flexibility index (Phi) is 4.90. The lowest BCUT2D eigenvalue weighted by atomic mass is 10.1. The number of nitro groups is 1. The lowest BCUT2D eigenvalue weighted by Crippen LogP contribution is -2.40. The van der Waals surface area contributed by atoms with Crippen LogP contribution in [0.1, 0.15) is 41.6 Å². The fraction of sp³-hybridized carbons (Fsp3) is 0.533. The fourth-order valence-corrected chi connectivity index (χ4v) is 2.93. The SMILES string of the molecule is Cc1cc(C(=O)N(CCO)C2CCCC2)ccc1[N+](=O)[O-]. The van der Waals surface area contributed by atoms with Crippen LogP contribution in [0.25, 0.3) is 0 Å². The number of aliphatic hydroxyl groups is 1. The third kappa shape index (κ3) is 3.39. The van der Waals surface area contributed by atoms with Gasteiger partial charge in [-0.15, -0.1) is 0 Å². The van der Waals surface area contributed by atoms with Crippen molar-refractivity contribution in [2.24, 2.45) is 0 Å². The van der Waals surface area contributed by atoms with Gasteiger partial charge in [0.2, 0.25) is 0 Å². The van der Waals surface area contributed by atoms with Crippen LogP contribution >= 0.6 is 0 Å². The molecule has 1 aromatic carbocycles. The Labute approximate surface area is 123 Å². The van der Waals surface area contributed by atoms with Crippen LogP contribution in [0, 0.1) is 17.0 Å². The van der Waals surface area contributed by atoms with E-state index in [4.69, 9.17) is 0 Å². The maximum Gasteiger partial charge on any atom is 0.272 e. The summed E-state index contributed by atoms with van der Waals surface area (Å²) in [7, 11) is 0. The molecule has 0 heterocycles. The Morgan fingerprint density at radius 2 is 2.10 bits per heavy atom. The molecular formula is C15H20N2O4. The molecule has 1 amide bonds. The Hall–Kier alpha value is -1.95. The van der Waals surface area contributed by atoms with Gasteiger partial charge in [0, 0.05) is 29.8 Å². The van der Waals surface area contributed by atoms with Gasteiger partial charge in [0.15, 0.2) is 0 Å². The molecule has 0 aliphatic heterocycles. The molecule has 1 aliphatic rings. The molecule has 1 aliphatic carbocycles. The lowest BCUT2D eigenvalue weighted by molar-refractivity contribution is -0.385. The Balaban J connectivity index is 2.23. The molecule has 2 rings (SSSR count). The monoisotopic (exact) mass is 292 g/mol. The first-order chi connectivity index (χ1) is 10.0. The number of rotatable bonds is 5. The van der Waals surface area contributed by atoms with Crippen molar-refractivity contribution in [3.05, 3.63) is 39.4 Å². The number of nitro benzene ring substituents is 1. The van der Waals surface area contributed by atoms with Crippen LogP contribution in [0.5, 0.6) is 0 Å². The van der Waals surface area contributed by atoms with Gasteiger partial charge in [0.1, 0.15) is 0 Å². The van der Waals surface area contributed by atoms with Crippen molar-refractivity contribution >= 4 is 11.6 Å². The first-order valence-electron chi connectivity index (χ1n) is 7.21. The second-order valence-corrected chi connectivity index (χ2v) is 5.42. The van der Waals surface area contributed by atoms with Crippen LogP contribution < -0.4 is 0 Å². The van der Waals surface area contributed by atoms with Gasteiger partial charge < -0.3 is 10.0 Å². The van der Waals surface area contributed by atoms with Gasteiger partial charge in [-0.2, -0.15) is 0 Å². The Morgan fingerprint density at radius 3 is 2.62 bits per heavy atom. The van der Waals surface area contributed by atoms with E-state index in [1.165, 1.54) is 12.1 Å². The third-order valence-electron chi connectivity index (χ3n) is 4.01. The summed E-state index contributed by atoms with van der Waals surface area (Å²) in [6, 6.07) is 4.58. The highest BCUT2D eigenvalue weighted by Gasteiger charge is 2.27. The molecule has 1 saturated carbocycles. The number of hydrogen-bond donors (Lipinski definition) is 1. The number of carbonyl (C=O) groups excluding carboxylic acids is 1. The van der Waals surface area contributed by atoms with E-state index in [9.17, 15) is 20.0 Å². The lowest BCUT2D eigenvalue weighted by Gasteiger charge is -2.28. The minimum absolute atomic E-state index is 0.0149. The summed E-state index contributed by atoms with van der Waals surface area (Å²) in [5, 5.41) is 20.0. The molecule has 1 N–H and O–H groups in total. The van der Waals surface area contributed by atoms with Gasteiger partial charge in [-0.3, -0.25) is 14.9 Å². The molecule has 0 atom stereocenters. The van der Waals surface area contributed by atoms with E-state index in [0.717, 1.165) is 25.7 Å². The molecule has 0 unspecified atom stereocenters. The van der Waals surface area contributed by atoms with Crippen LogP contribution in [-0.4, -0.2) is 40.0 Å². The predicted octanol–water partition coefficient (Wildman–Crippen LogP) is 2.28. The van der Waals surface area contributed by atoms with Crippen LogP contribution in [0.2, 0.25) is 0 Å². The van der Waals surface area contributed by atoms with E-state index in [1.54, 1.807) is 17.9 Å². The molecule has 6 heteroatoms. The number of hydrogen-bond acceptors (Lipinski definition) is 4. The van der Waals surface area contributed by atoms with E-state index in [2.05, 4.69) is 0 Å². The number of carbonyl (C=O) groups is 1. The highest BCUT2D eigenvalue weighted by atomic mass is 16.6. The predicted molar refractivity (Wildman–Crippen MR) is 78.2 cm³/mol. The van der Waals surface area contributed by atoms with E-state index in [1.807, 2.05) is 0 Å². The zero-order valence-corrected chi connectivity index (χ0v) is 12.1. The maximum atomic E-state index is 12.6. The molecule has 21 heavy (non-hydrogen) atoms. The number of amides is 1. The summed E-state index contributed by atoms with van der Waals surface area (Å²) in [4.78, 5) is 24.7. The van der Waals surface area contributed by atoms with Gasteiger partial charge in [0.25, 0.3) is 11.6 Å². The molecule has 0 bridgehead atoms. The van der Waals surface area contributed by atoms with Crippen LogP contribution in [0.4, 0.5) is 5.69 Å². The van der Waals surface area contributed by atoms with Crippen molar-refractivity contribution in [1.82, 2.24) is 4.90 Å². The van der Waals surface area contributed by atoms with E-state index in [0.29, 0.717) is 17.7 Å². The smallest absolute Gasteiger partial charge is 0.272 e. The summed E-state index contributed by atoms with van der Waals surface area (Å²) in [6.07, 6.45) is 4.10. The van der Waals surface area contributed by atoms with Crippen molar-refractivity contribution in [2.45, 2.75) is 38.6 Å². The summed E-state index contributed by atoms with van der Waals surface area (Å²) < 4.78 is 0. The van der Waals surface area contributed by atoms with Crippen molar-refractivity contribution in [1.29, 1.82) is 0 Å². The van der Waals surface area contributed by atoms with Crippen LogP contribution in [-0.2, 0) is 0 Å². The largest absolute Gasteiger partial charge is 0.395 e. The molecular weight excluding hydrogens is 272 g/mol. The third-order valence-corrected chi connectivity index (χ3v) is 4.01. The van der Waals surface area contributed by atoms with Crippen molar-refractivity contribution in [3.63, 3.8) is 0 Å². The standard InChI is InChI=1S/C15H20N2O4/c1-11-10-12(6-7-14(11)17(20)21)15(19)16(8-9-18)13-4-2-3-5-13/h6-7,10,13,18H,2-5,8-9H2,1H3. The minimum atomic E-state index is -0.452. The fourth-order valence-electron chi connectivity index (χ4n) is 2.93. The van der Waals surface area contributed by atoms with E-state index in [-0.39, 0.29) is 24.2 Å². The minimum Gasteiger partial charge on any atom is -0.395 e. The number of nitrogens with zero attached hydrogens (tertiary/aromatic N) is 2. The second-order valence-electron chi connectivity index (χ2n) is 5.42. The molecule has 1 aromatic rings. The average Bonchev–Trinajstić information content (AvgIpc) is 2.97. The molecule has 114 valence electrons. The van der Waals surface area contributed by atoms with Gasteiger partial charge in [-0.1, -0.05) is 12.8 Å². The van der Waals surface area contributed by atoms with E-state index < -0.39 is 4.92 Å². The zero-order chi connectivity index (χ0) is 15.4. The van der Waals surface area contributed by atoms with Crippen LogP contribution in [0.3, 0.4) is 0 Å². The molecule has 0 spiro atoms. The Bertz CT molecular complexity index is 538. The summed E-state index contributed by atoms with van der Waals surface area (Å²) in [5.41, 5.74) is 0.931. The van der Waals surface area contributed by atoms with E-state index >= 15 is 0 Å². The van der Waals surface area contributed by atoms with Crippen molar-refractivity contribution < 1.29 is 14.8 Å². The van der Waals surface area contributed by atoms with Crippen LogP contribution in [0.15, 0.2) is 18.2 Å². The topological polar surface area (TPSA) is 83.7 Å². The van der Waals surface area contributed by atoms with Gasteiger partial charge in [-0.05, 0) is 31.9 Å². The first-order valence-corrected chi connectivity index (χ1v) is 7.21. The summed E-state index contributed by atoms with van der Waals surface area (Å²) in [5.74, 6) is -0.158. The average molecular weight is 292 g/mol. The quantitative estimate of drug-likeness (QED) is 0.666. The molecule has 0 aromatic heterocycles. The normalized spacial score (nSPS) is 15.1. The highest BCUT2D eigenvalue weighted by Crippen LogP contribution is 2.26. The van der Waals surface area contributed by atoms with Gasteiger partial charge in [0.05, 0.1) is 11.5 Å². The molecule has 1 fully saturated rings. The molecule has 6 nitrogen and oxygen atoms in total. The molecule has 0 radical (unpaired) electrons. The Morgan fingerprint density at radius 1 is 1.43 bits per heavy atom. The van der Waals surface area contributed by atoms with Crippen molar-refractivity contribution in [2.75, 3.05) is 13.2 Å².